The van der Waals surface area contributed by atoms with Gasteiger partial charge in [0, 0.05) is 49.5 Å². The maximum atomic E-state index is 14.0. The van der Waals surface area contributed by atoms with Gasteiger partial charge in [-0.2, -0.15) is 5.10 Å². The number of allylic oxidation sites excluding steroid dienone is 1. The average Bonchev–Trinajstić information content (AvgIpc) is 3.62. The Morgan fingerprint density at radius 1 is 0.903 bits per heavy atom. The van der Waals surface area contributed by atoms with Gasteiger partial charge < -0.3 is 19.5 Å². The van der Waals surface area contributed by atoms with Gasteiger partial charge in [-0.3, -0.25) is 14.8 Å². The van der Waals surface area contributed by atoms with Gasteiger partial charge in [0.05, 0.1) is 38.6 Å². The number of anilines is 1. The van der Waals surface area contributed by atoms with E-state index in [1.807, 2.05) is 25.1 Å². The molecule has 328 valence electrons. The van der Waals surface area contributed by atoms with Crippen LogP contribution in [0.2, 0.25) is 15.2 Å². The number of hydrogen-bond donors (Lipinski definition) is 3. The third-order valence-electron chi connectivity index (χ3n) is 12.6. The van der Waals surface area contributed by atoms with E-state index in [2.05, 4.69) is 50.7 Å². The molecule has 2 fully saturated rings. The van der Waals surface area contributed by atoms with Crippen molar-refractivity contribution in [2.45, 2.75) is 76.2 Å². The zero-order valence-corrected chi connectivity index (χ0v) is 38.2. The van der Waals surface area contributed by atoms with Crippen LogP contribution in [0.4, 0.5) is 5.69 Å². The summed E-state index contributed by atoms with van der Waals surface area (Å²) in [5.74, 6) is 0.209. The fourth-order valence-corrected chi connectivity index (χ4v) is 10.4. The van der Waals surface area contributed by atoms with Crippen molar-refractivity contribution >= 4 is 72.9 Å². The second-order valence-corrected chi connectivity index (χ2v) is 20.8. The van der Waals surface area contributed by atoms with Gasteiger partial charge in [-0.25, -0.2) is 13.1 Å². The summed E-state index contributed by atoms with van der Waals surface area (Å²) < 4.78 is 42.0. The lowest BCUT2D eigenvalue weighted by Gasteiger charge is -2.39. The Kier molecular flexibility index (Phi) is 12.9. The highest BCUT2D eigenvalue weighted by Gasteiger charge is 2.31. The molecule has 5 aromatic rings. The number of benzene rings is 4. The standard InChI is InChI=1S/C47H52Cl3N5O6S/c1-46(2)18-17-32(37(27-46)31-7-9-33(48)10-8-31)28-54-21-23-55(24-22-54)34-11-13-36(42(25-34)61-41-6-4-5-39-43(41)44(50)52-51-39)45(56)53-62(58,59)35-12-14-40(38(49)26-35)60-29-30-15-19-47(3,57)20-16-30/h4-14,25-26,30,57H,15-24,27-29H2,1-3H3,(H,51,52)(H,53,56). The molecular weight excluding hydrogens is 869 g/mol. The molecule has 62 heavy (non-hydrogen) atoms. The third kappa shape index (κ3) is 10.2. The van der Waals surface area contributed by atoms with E-state index in [0.717, 1.165) is 75.5 Å². The van der Waals surface area contributed by atoms with Crippen LogP contribution in [-0.4, -0.2) is 79.5 Å². The smallest absolute Gasteiger partial charge is 0.268 e. The normalized spacial score (nSPS) is 21.0. The predicted molar refractivity (Wildman–Crippen MR) is 246 cm³/mol. The maximum absolute atomic E-state index is 14.0. The number of aliphatic hydroxyl groups is 1. The number of ether oxygens (including phenoxy) is 2. The van der Waals surface area contributed by atoms with Crippen molar-refractivity contribution in [2.75, 3.05) is 44.2 Å². The molecule has 0 bridgehead atoms. The summed E-state index contributed by atoms with van der Waals surface area (Å²) in [6.45, 7) is 11.0. The Morgan fingerprint density at radius 3 is 2.37 bits per heavy atom. The Morgan fingerprint density at radius 2 is 1.65 bits per heavy atom. The number of sulfonamides is 1. The minimum absolute atomic E-state index is 0.00646. The summed E-state index contributed by atoms with van der Waals surface area (Å²) >= 11 is 19.3. The third-order valence-corrected chi connectivity index (χ3v) is 14.7. The number of amides is 1. The summed E-state index contributed by atoms with van der Waals surface area (Å²) in [7, 11) is -4.38. The molecule has 4 aromatic carbocycles. The van der Waals surface area contributed by atoms with Gasteiger partial charge in [-0.1, -0.05) is 72.4 Å². The molecule has 0 unspecified atom stereocenters. The number of rotatable bonds is 12. The van der Waals surface area contributed by atoms with E-state index in [-0.39, 0.29) is 37.7 Å². The minimum Gasteiger partial charge on any atom is -0.492 e. The first-order valence-corrected chi connectivity index (χ1v) is 23.7. The van der Waals surface area contributed by atoms with Crippen molar-refractivity contribution in [3.05, 3.63) is 111 Å². The molecule has 0 spiro atoms. The topological polar surface area (TPSA) is 137 Å². The number of nitrogens with one attached hydrogen (secondary N) is 2. The Balaban J connectivity index is 0.993. The van der Waals surface area contributed by atoms with Crippen LogP contribution in [-0.2, 0) is 10.0 Å². The number of H-pyrrole nitrogens is 1. The van der Waals surface area contributed by atoms with E-state index < -0.39 is 21.5 Å². The van der Waals surface area contributed by atoms with Crippen LogP contribution < -0.4 is 19.1 Å². The van der Waals surface area contributed by atoms with Crippen LogP contribution in [0.3, 0.4) is 0 Å². The monoisotopic (exact) mass is 919 g/mol. The number of aromatic amines is 1. The molecule has 3 aliphatic rings. The lowest BCUT2D eigenvalue weighted by Crippen LogP contribution is -2.47. The van der Waals surface area contributed by atoms with E-state index in [0.29, 0.717) is 41.9 Å². The molecule has 11 nitrogen and oxygen atoms in total. The van der Waals surface area contributed by atoms with Gasteiger partial charge in [-0.15, -0.1) is 0 Å². The summed E-state index contributed by atoms with van der Waals surface area (Å²) in [6.07, 6.45) is 6.24. The second kappa shape index (κ2) is 18.1. The molecule has 2 heterocycles. The average molecular weight is 921 g/mol. The van der Waals surface area contributed by atoms with Crippen molar-refractivity contribution in [3.8, 4) is 17.2 Å². The number of carbonyl (C=O) groups excluding carboxylic acids is 1. The Labute approximate surface area is 378 Å². The molecule has 0 radical (unpaired) electrons. The van der Waals surface area contributed by atoms with Crippen molar-refractivity contribution in [2.24, 2.45) is 11.3 Å². The summed E-state index contributed by atoms with van der Waals surface area (Å²) in [4.78, 5) is 18.5. The summed E-state index contributed by atoms with van der Waals surface area (Å²) in [5, 5.41) is 18.9. The summed E-state index contributed by atoms with van der Waals surface area (Å²) in [5.41, 5.74) is 5.11. The number of aromatic nitrogens is 2. The van der Waals surface area contributed by atoms with Gasteiger partial charge in [0.25, 0.3) is 15.9 Å². The number of nitrogens with zero attached hydrogens (tertiary/aromatic N) is 3. The molecule has 1 saturated carbocycles. The van der Waals surface area contributed by atoms with Gasteiger partial charge in [-0.05, 0) is 129 Å². The number of carbonyl (C=O) groups is 1. The van der Waals surface area contributed by atoms with E-state index >= 15 is 0 Å². The molecule has 8 rings (SSSR count). The van der Waals surface area contributed by atoms with Crippen molar-refractivity contribution in [1.29, 1.82) is 0 Å². The zero-order chi connectivity index (χ0) is 43.8. The first-order chi connectivity index (χ1) is 29.5. The fourth-order valence-electron chi connectivity index (χ4n) is 8.76. The molecule has 1 amide bonds. The van der Waals surface area contributed by atoms with Crippen molar-refractivity contribution in [3.63, 3.8) is 0 Å². The number of halogens is 3. The highest BCUT2D eigenvalue weighted by Crippen LogP contribution is 2.44. The first kappa shape index (κ1) is 44.3. The van der Waals surface area contributed by atoms with Crippen LogP contribution in [0.25, 0.3) is 16.5 Å². The first-order valence-electron chi connectivity index (χ1n) is 21.1. The lowest BCUT2D eigenvalue weighted by molar-refractivity contribution is 0.00153. The Hall–Kier alpha value is -4.30. The van der Waals surface area contributed by atoms with Crippen LogP contribution >= 0.6 is 34.8 Å². The highest BCUT2D eigenvalue weighted by atomic mass is 35.5. The second-order valence-electron chi connectivity index (χ2n) is 17.9. The zero-order valence-electron chi connectivity index (χ0n) is 35.1. The molecular formula is C47H52Cl3N5O6S. The molecule has 2 aliphatic carbocycles. The number of fused-ring (bicyclic) bond motifs is 1. The summed E-state index contributed by atoms with van der Waals surface area (Å²) in [6, 6.07) is 22.7. The van der Waals surface area contributed by atoms with E-state index in [4.69, 9.17) is 44.3 Å². The molecule has 0 atom stereocenters. The van der Waals surface area contributed by atoms with E-state index in [9.17, 15) is 18.3 Å². The van der Waals surface area contributed by atoms with Crippen LogP contribution in [0, 0.1) is 11.3 Å². The van der Waals surface area contributed by atoms with Gasteiger partial charge >= 0.3 is 0 Å². The quantitative estimate of drug-likeness (QED) is 0.112. The minimum atomic E-state index is -4.38. The van der Waals surface area contributed by atoms with Gasteiger partial charge in [0.2, 0.25) is 0 Å². The SMILES string of the molecule is CC1(C)CCC(CN2CCN(c3ccc(C(=O)NS(=O)(=O)c4ccc(OCC5CCC(C)(O)CC5)c(Cl)c4)c(Oc4cccc5n[nH]c(Cl)c45)c3)CC2)=C(c2ccc(Cl)cc2)C1. The largest absolute Gasteiger partial charge is 0.492 e. The Bertz CT molecular complexity index is 2590. The molecule has 1 aliphatic heterocycles. The van der Waals surface area contributed by atoms with E-state index in [1.165, 1.54) is 34.9 Å². The number of hydrogen-bond acceptors (Lipinski definition) is 9. The molecule has 15 heteroatoms. The van der Waals surface area contributed by atoms with Gasteiger partial charge in [0.1, 0.15) is 22.4 Å². The van der Waals surface area contributed by atoms with Crippen LogP contribution in [0.15, 0.2) is 89.3 Å². The lowest BCUT2D eigenvalue weighted by atomic mass is 9.72. The van der Waals surface area contributed by atoms with Crippen molar-refractivity contribution < 1.29 is 27.8 Å². The van der Waals surface area contributed by atoms with Crippen LogP contribution in [0.1, 0.15) is 81.6 Å². The van der Waals surface area contributed by atoms with Crippen molar-refractivity contribution in [1.82, 2.24) is 19.8 Å². The highest BCUT2D eigenvalue weighted by molar-refractivity contribution is 7.90. The predicted octanol–water partition coefficient (Wildman–Crippen LogP) is 10.5. The fraction of sp³-hybridized carbons (Fsp3) is 0.404. The van der Waals surface area contributed by atoms with Crippen LogP contribution in [0.5, 0.6) is 17.2 Å². The van der Waals surface area contributed by atoms with E-state index in [1.54, 1.807) is 30.3 Å². The molecule has 1 aromatic heterocycles. The molecule has 1 saturated heterocycles. The molecule has 3 N–H and O–H groups in total. The van der Waals surface area contributed by atoms with Gasteiger partial charge in [0.15, 0.2) is 0 Å². The maximum Gasteiger partial charge on any atom is 0.268 e. The number of piperazine rings is 1.